The lowest BCUT2D eigenvalue weighted by molar-refractivity contribution is -0.134. The minimum atomic E-state index is -0.502. The first-order valence-electron chi connectivity index (χ1n) is 7.09. The summed E-state index contributed by atoms with van der Waals surface area (Å²) in [6.07, 6.45) is 1.70. The standard InChI is InChI=1S/C17H26N2O2/c1-6-11-21-14-9-7-13(8-10-14)12-19(5)16(20)15(18)17(2,3)4/h6-10,15H,1,11-12,18H2,2-5H3/t15-/m1/s1. The molecule has 0 saturated carbocycles. The smallest absolute Gasteiger partial charge is 0.240 e. The first-order valence-corrected chi connectivity index (χ1v) is 7.09. The molecule has 0 aliphatic rings. The zero-order valence-corrected chi connectivity index (χ0v) is 13.4. The van der Waals surface area contributed by atoms with Crippen molar-refractivity contribution in [3.8, 4) is 5.75 Å². The molecule has 1 atom stereocenters. The van der Waals surface area contributed by atoms with E-state index in [1.807, 2.05) is 45.0 Å². The number of carbonyl (C=O) groups excluding carboxylic acids is 1. The minimum Gasteiger partial charge on any atom is -0.490 e. The Balaban J connectivity index is 2.64. The van der Waals surface area contributed by atoms with Crippen LogP contribution in [0.5, 0.6) is 5.75 Å². The Morgan fingerprint density at radius 3 is 2.43 bits per heavy atom. The first-order chi connectivity index (χ1) is 9.75. The van der Waals surface area contributed by atoms with E-state index in [9.17, 15) is 4.79 Å². The van der Waals surface area contributed by atoms with Crippen LogP contribution in [0.2, 0.25) is 0 Å². The maximum atomic E-state index is 12.3. The number of amides is 1. The first kappa shape index (κ1) is 17.2. The molecule has 0 spiro atoms. The van der Waals surface area contributed by atoms with Crippen LogP contribution in [-0.2, 0) is 11.3 Å². The maximum absolute atomic E-state index is 12.3. The number of rotatable bonds is 6. The van der Waals surface area contributed by atoms with Crippen LogP contribution < -0.4 is 10.5 Å². The molecule has 2 N–H and O–H groups in total. The van der Waals surface area contributed by atoms with E-state index in [4.69, 9.17) is 10.5 Å². The summed E-state index contributed by atoms with van der Waals surface area (Å²) < 4.78 is 5.43. The average Bonchev–Trinajstić information content (AvgIpc) is 2.43. The molecule has 0 unspecified atom stereocenters. The quantitative estimate of drug-likeness (QED) is 0.819. The molecule has 1 aromatic carbocycles. The molecule has 1 amide bonds. The molecule has 0 heterocycles. The summed E-state index contributed by atoms with van der Waals surface area (Å²) in [5, 5.41) is 0. The number of benzene rings is 1. The predicted octanol–water partition coefficient (Wildman–Crippen LogP) is 2.58. The van der Waals surface area contributed by atoms with E-state index in [2.05, 4.69) is 6.58 Å². The fourth-order valence-electron chi connectivity index (χ4n) is 1.81. The van der Waals surface area contributed by atoms with Crippen LogP contribution in [0.15, 0.2) is 36.9 Å². The molecule has 0 saturated heterocycles. The molecule has 116 valence electrons. The van der Waals surface area contributed by atoms with Gasteiger partial charge in [0.1, 0.15) is 12.4 Å². The molecule has 0 fully saturated rings. The second-order valence-electron chi connectivity index (χ2n) is 6.28. The average molecular weight is 290 g/mol. The summed E-state index contributed by atoms with van der Waals surface area (Å²) in [5.74, 6) is 0.744. The lowest BCUT2D eigenvalue weighted by Crippen LogP contribution is -2.48. The Morgan fingerprint density at radius 2 is 1.95 bits per heavy atom. The van der Waals surface area contributed by atoms with Gasteiger partial charge in [-0.25, -0.2) is 0 Å². The second kappa shape index (κ2) is 7.27. The Labute approximate surface area is 127 Å². The molecule has 0 aliphatic heterocycles. The largest absolute Gasteiger partial charge is 0.490 e. The van der Waals surface area contributed by atoms with Crippen molar-refractivity contribution in [3.05, 3.63) is 42.5 Å². The van der Waals surface area contributed by atoms with Gasteiger partial charge in [-0.3, -0.25) is 4.79 Å². The minimum absolute atomic E-state index is 0.0468. The van der Waals surface area contributed by atoms with Crippen molar-refractivity contribution in [1.82, 2.24) is 4.90 Å². The molecule has 4 heteroatoms. The second-order valence-corrected chi connectivity index (χ2v) is 6.28. The van der Waals surface area contributed by atoms with Crippen molar-refractivity contribution in [3.63, 3.8) is 0 Å². The van der Waals surface area contributed by atoms with Gasteiger partial charge in [0.15, 0.2) is 0 Å². The number of nitrogens with zero attached hydrogens (tertiary/aromatic N) is 1. The predicted molar refractivity (Wildman–Crippen MR) is 86.0 cm³/mol. The van der Waals surface area contributed by atoms with Crippen molar-refractivity contribution in [2.45, 2.75) is 33.4 Å². The molecule has 1 aromatic rings. The summed E-state index contributed by atoms with van der Waals surface area (Å²) in [6, 6.07) is 7.18. The van der Waals surface area contributed by atoms with Crippen LogP contribution in [0, 0.1) is 5.41 Å². The van der Waals surface area contributed by atoms with Crippen LogP contribution in [0.1, 0.15) is 26.3 Å². The lowest BCUT2D eigenvalue weighted by atomic mass is 9.86. The molecule has 1 rings (SSSR count). The highest BCUT2D eigenvalue weighted by Gasteiger charge is 2.29. The Kier molecular flexibility index (Phi) is 5.97. The van der Waals surface area contributed by atoms with E-state index < -0.39 is 6.04 Å². The fraction of sp³-hybridized carbons (Fsp3) is 0.471. The number of hydrogen-bond donors (Lipinski definition) is 1. The number of ether oxygens (including phenoxy) is 1. The van der Waals surface area contributed by atoms with E-state index >= 15 is 0 Å². The topological polar surface area (TPSA) is 55.6 Å². The van der Waals surface area contributed by atoms with E-state index in [1.54, 1.807) is 18.0 Å². The van der Waals surface area contributed by atoms with Gasteiger partial charge in [0.05, 0.1) is 6.04 Å². The van der Waals surface area contributed by atoms with Crippen LogP contribution in [0.3, 0.4) is 0 Å². The molecular formula is C17H26N2O2. The Hall–Kier alpha value is -1.81. The van der Waals surface area contributed by atoms with Crippen LogP contribution in [0.25, 0.3) is 0 Å². The molecule has 0 radical (unpaired) electrons. The highest BCUT2D eigenvalue weighted by Crippen LogP contribution is 2.20. The van der Waals surface area contributed by atoms with Crippen molar-refractivity contribution in [2.75, 3.05) is 13.7 Å². The van der Waals surface area contributed by atoms with Crippen molar-refractivity contribution in [1.29, 1.82) is 0 Å². The zero-order valence-electron chi connectivity index (χ0n) is 13.4. The number of carbonyl (C=O) groups is 1. The number of nitrogens with two attached hydrogens (primary N) is 1. The Morgan fingerprint density at radius 1 is 1.38 bits per heavy atom. The number of hydrogen-bond acceptors (Lipinski definition) is 3. The Bertz CT molecular complexity index is 475. The van der Waals surface area contributed by atoms with Gasteiger partial charge in [-0.2, -0.15) is 0 Å². The summed E-state index contributed by atoms with van der Waals surface area (Å²) >= 11 is 0. The molecule has 21 heavy (non-hydrogen) atoms. The van der Waals surface area contributed by atoms with E-state index in [0.29, 0.717) is 13.2 Å². The van der Waals surface area contributed by atoms with Crippen molar-refractivity contribution >= 4 is 5.91 Å². The van der Waals surface area contributed by atoms with Crippen molar-refractivity contribution < 1.29 is 9.53 Å². The van der Waals surface area contributed by atoms with Gasteiger partial charge in [-0.05, 0) is 23.1 Å². The molecule has 0 aliphatic carbocycles. The molecule has 4 nitrogen and oxygen atoms in total. The highest BCUT2D eigenvalue weighted by atomic mass is 16.5. The van der Waals surface area contributed by atoms with Crippen LogP contribution in [0.4, 0.5) is 0 Å². The fourth-order valence-corrected chi connectivity index (χ4v) is 1.81. The van der Waals surface area contributed by atoms with Gasteiger partial charge in [0.25, 0.3) is 0 Å². The molecule has 0 aromatic heterocycles. The molecular weight excluding hydrogens is 264 g/mol. The van der Waals surface area contributed by atoms with E-state index in [0.717, 1.165) is 11.3 Å². The van der Waals surface area contributed by atoms with E-state index in [-0.39, 0.29) is 11.3 Å². The maximum Gasteiger partial charge on any atom is 0.240 e. The SMILES string of the molecule is C=CCOc1ccc(CN(C)C(=O)[C@@H](N)C(C)(C)C)cc1. The van der Waals surface area contributed by atoms with Gasteiger partial charge >= 0.3 is 0 Å². The number of likely N-dealkylation sites (N-methyl/N-ethyl adjacent to an activating group) is 1. The van der Waals surface area contributed by atoms with Gasteiger partial charge in [0, 0.05) is 13.6 Å². The van der Waals surface area contributed by atoms with Gasteiger partial charge in [-0.15, -0.1) is 0 Å². The van der Waals surface area contributed by atoms with E-state index in [1.165, 1.54) is 0 Å². The monoisotopic (exact) mass is 290 g/mol. The third-order valence-electron chi connectivity index (χ3n) is 3.29. The summed E-state index contributed by atoms with van der Waals surface area (Å²) in [5.41, 5.74) is 6.80. The van der Waals surface area contributed by atoms with Gasteiger partial charge in [-0.1, -0.05) is 45.6 Å². The third-order valence-corrected chi connectivity index (χ3v) is 3.29. The molecule has 0 bridgehead atoms. The summed E-state index contributed by atoms with van der Waals surface area (Å²) in [6.45, 7) is 10.5. The third kappa shape index (κ3) is 5.23. The van der Waals surface area contributed by atoms with Gasteiger partial charge < -0.3 is 15.4 Å². The lowest BCUT2D eigenvalue weighted by Gasteiger charge is -2.30. The highest BCUT2D eigenvalue weighted by molar-refractivity contribution is 5.82. The van der Waals surface area contributed by atoms with Crippen molar-refractivity contribution in [2.24, 2.45) is 11.1 Å². The zero-order chi connectivity index (χ0) is 16.0. The van der Waals surface area contributed by atoms with Crippen LogP contribution >= 0.6 is 0 Å². The summed E-state index contributed by atoms with van der Waals surface area (Å²) in [7, 11) is 1.77. The normalized spacial score (nSPS) is 12.6. The van der Waals surface area contributed by atoms with Crippen LogP contribution in [-0.4, -0.2) is 30.5 Å². The summed E-state index contributed by atoms with van der Waals surface area (Å²) in [4.78, 5) is 13.9. The van der Waals surface area contributed by atoms with Gasteiger partial charge in [0.2, 0.25) is 5.91 Å².